The molecule has 1 aromatic carbocycles. The highest BCUT2D eigenvalue weighted by molar-refractivity contribution is 6.29. The average Bonchev–Trinajstić information content (AvgIpc) is 2.89. The molecule has 0 bridgehead atoms. The zero-order valence-corrected chi connectivity index (χ0v) is 16.1. The Balaban J connectivity index is 1.91. The molecule has 5 nitrogen and oxygen atoms in total. The molecule has 0 radical (unpaired) electrons. The summed E-state index contributed by atoms with van der Waals surface area (Å²) in [5, 5.41) is 9.14. The Morgan fingerprint density at radius 1 is 1.23 bits per heavy atom. The zero-order valence-electron chi connectivity index (χ0n) is 15.3. The number of halogens is 1. The highest BCUT2D eigenvalue weighted by Crippen LogP contribution is 2.17. The molecule has 0 unspecified atom stereocenters. The molecular weight excluding hydrogens is 348 g/mol. The predicted molar refractivity (Wildman–Crippen MR) is 106 cm³/mol. The minimum atomic E-state index is -0.0414. The summed E-state index contributed by atoms with van der Waals surface area (Å²) >= 11 is 6.00. The van der Waals surface area contributed by atoms with E-state index >= 15 is 0 Å². The molecule has 2 heterocycles. The van der Waals surface area contributed by atoms with Crippen molar-refractivity contribution in [3.05, 3.63) is 74.8 Å². The lowest BCUT2D eigenvalue weighted by atomic mass is 10.1. The molecule has 1 N–H and O–H groups in total. The molecule has 136 valence electrons. The summed E-state index contributed by atoms with van der Waals surface area (Å²) in [4.78, 5) is 12.9. The number of nitrogens with one attached hydrogen (secondary N) is 1. The van der Waals surface area contributed by atoms with Crippen molar-refractivity contribution >= 4 is 22.5 Å². The highest BCUT2D eigenvalue weighted by atomic mass is 35.5. The van der Waals surface area contributed by atoms with E-state index in [-0.39, 0.29) is 5.56 Å². The topological polar surface area (TPSA) is 51.9 Å². The molecule has 2 aromatic heterocycles. The Labute approximate surface area is 157 Å². The van der Waals surface area contributed by atoms with E-state index in [1.54, 1.807) is 9.25 Å². The third-order valence-electron chi connectivity index (χ3n) is 4.40. The normalized spacial score (nSPS) is 11.2. The third-order valence-corrected chi connectivity index (χ3v) is 4.52. The number of hydrogen-bond donors (Lipinski definition) is 1. The monoisotopic (exact) mass is 370 g/mol. The minimum absolute atomic E-state index is 0.0414. The summed E-state index contributed by atoms with van der Waals surface area (Å²) in [6.07, 6.45) is 1.99. The van der Waals surface area contributed by atoms with Crippen molar-refractivity contribution in [1.82, 2.24) is 19.7 Å². The molecule has 0 amide bonds. The Kier molecular flexibility index (Phi) is 5.30. The Morgan fingerprint density at radius 2 is 1.96 bits per heavy atom. The lowest BCUT2D eigenvalue weighted by molar-refractivity contribution is 0.674. The predicted octanol–water partition coefficient (Wildman–Crippen LogP) is 3.39. The van der Waals surface area contributed by atoms with Crippen LogP contribution in [0.3, 0.4) is 0 Å². The quantitative estimate of drug-likeness (QED) is 0.723. The van der Waals surface area contributed by atoms with Crippen molar-refractivity contribution in [2.75, 3.05) is 0 Å². The van der Waals surface area contributed by atoms with E-state index in [0.29, 0.717) is 30.2 Å². The Bertz CT molecular complexity index is 1030. The van der Waals surface area contributed by atoms with Gasteiger partial charge >= 0.3 is 0 Å². The first-order valence-electron chi connectivity index (χ1n) is 8.51. The molecule has 0 aliphatic carbocycles. The summed E-state index contributed by atoms with van der Waals surface area (Å²) in [5.74, 6) is 0. The fourth-order valence-electron chi connectivity index (χ4n) is 3.15. The molecule has 26 heavy (non-hydrogen) atoms. The Morgan fingerprint density at radius 3 is 2.62 bits per heavy atom. The lowest BCUT2D eigenvalue weighted by Gasteiger charge is -2.13. The van der Waals surface area contributed by atoms with E-state index in [1.165, 1.54) is 0 Å². The van der Waals surface area contributed by atoms with Crippen molar-refractivity contribution in [3.63, 3.8) is 0 Å². The fraction of sp³-hybridized carbons (Fsp3) is 0.300. The molecule has 0 saturated carbocycles. The standard InChI is InChI=1S/C20H23ClN4O/c1-13-5-6-16-8-17(9-22-10-18-12-24(4)23-15(18)3)20(26)25(11-14(2)21)19(16)7-13/h5-8,12,22H,2,9-11H2,1,3-4H3. The van der Waals surface area contributed by atoms with Gasteiger partial charge in [0.1, 0.15) is 0 Å². The number of pyridine rings is 1. The molecule has 0 aliphatic heterocycles. The van der Waals surface area contributed by atoms with Gasteiger partial charge in [-0.3, -0.25) is 9.48 Å². The SMILES string of the molecule is C=C(Cl)Cn1c(=O)c(CNCc2cn(C)nc2C)cc2ccc(C)cc21. The van der Waals surface area contributed by atoms with Gasteiger partial charge in [-0.2, -0.15) is 5.10 Å². The molecule has 0 aliphatic rings. The van der Waals surface area contributed by atoms with Crippen molar-refractivity contribution in [3.8, 4) is 0 Å². The van der Waals surface area contributed by atoms with Crippen LogP contribution in [0.4, 0.5) is 0 Å². The number of fused-ring (bicyclic) bond motifs is 1. The average molecular weight is 371 g/mol. The van der Waals surface area contributed by atoms with Crippen molar-refractivity contribution in [2.45, 2.75) is 33.5 Å². The van der Waals surface area contributed by atoms with E-state index in [2.05, 4.69) is 17.0 Å². The van der Waals surface area contributed by atoms with E-state index < -0.39 is 0 Å². The van der Waals surface area contributed by atoms with Gasteiger partial charge in [0.25, 0.3) is 5.56 Å². The smallest absolute Gasteiger partial charge is 0.255 e. The number of aryl methyl sites for hydroxylation is 3. The molecule has 0 saturated heterocycles. The number of benzene rings is 1. The van der Waals surface area contributed by atoms with Crippen molar-refractivity contribution < 1.29 is 0 Å². The first-order chi connectivity index (χ1) is 12.3. The number of allylic oxidation sites excluding steroid dienone is 1. The van der Waals surface area contributed by atoms with Gasteiger partial charge in [0.05, 0.1) is 17.8 Å². The first kappa shape index (κ1) is 18.4. The fourth-order valence-corrected chi connectivity index (χ4v) is 3.27. The van der Waals surface area contributed by atoms with Crippen molar-refractivity contribution in [2.24, 2.45) is 7.05 Å². The van der Waals surface area contributed by atoms with Crippen LogP contribution < -0.4 is 10.9 Å². The van der Waals surface area contributed by atoms with Crippen LogP contribution >= 0.6 is 11.6 Å². The Hall–Kier alpha value is -2.37. The van der Waals surface area contributed by atoms with Crippen molar-refractivity contribution in [1.29, 1.82) is 0 Å². The number of hydrogen-bond acceptors (Lipinski definition) is 3. The van der Waals surface area contributed by atoms with E-state index in [4.69, 9.17) is 11.6 Å². The summed E-state index contributed by atoms with van der Waals surface area (Å²) in [7, 11) is 1.90. The van der Waals surface area contributed by atoms with Gasteiger partial charge in [0.15, 0.2) is 0 Å². The molecule has 3 rings (SSSR count). The van der Waals surface area contributed by atoms with Gasteiger partial charge in [-0.15, -0.1) is 0 Å². The third kappa shape index (κ3) is 3.89. The second kappa shape index (κ2) is 7.48. The molecule has 3 aromatic rings. The van der Waals surface area contributed by atoms with Crippen LogP contribution in [0.5, 0.6) is 0 Å². The van der Waals surface area contributed by atoms with Crippen LogP contribution in [0.25, 0.3) is 10.9 Å². The van der Waals surface area contributed by atoms with Gasteiger partial charge in [0, 0.05) is 42.5 Å². The molecule has 0 fully saturated rings. The van der Waals surface area contributed by atoms with Gasteiger partial charge in [-0.05, 0) is 36.9 Å². The van der Waals surface area contributed by atoms with Crippen LogP contribution in [-0.4, -0.2) is 14.3 Å². The summed E-state index contributed by atoms with van der Waals surface area (Å²) in [6.45, 7) is 9.17. The van der Waals surface area contributed by atoms with Crippen LogP contribution in [-0.2, 0) is 26.7 Å². The maximum absolute atomic E-state index is 12.9. The first-order valence-corrected chi connectivity index (χ1v) is 8.89. The second-order valence-electron chi connectivity index (χ2n) is 6.66. The van der Waals surface area contributed by atoms with E-state index in [9.17, 15) is 4.79 Å². The molecular formula is C20H23ClN4O. The van der Waals surface area contributed by atoms with Crippen LogP contribution in [0.2, 0.25) is 0 Å². The van der Waals surface area contributed by atoms with Crippen LogP contribution in [0.15, 0.2) is 46.9 Å². The second-order valence-corrected chi connectivity index (χ2v) is 7.19. The summed E-state index contributed by atoms with van der Waals surface area (Å²) in [6, 6.07) is 8.04. The zero-order chi connectivity index (χ0) is 18.8. The van der Waals surface area contributed by atoms with E-state index in [0.717, 1.165) is 27.7 Å². The summed E-state index contributed by atoms with van der Waals surface area (Å²) in [5.41, 5.74) is 4.76. The van der Waals surface area contributed by atoms with Gasteiger partial charge in [0.2, 0.25) is 0 Å². The maximum Gasteiger partial charge on any atom is 0.255 e. The molecule has 6 heteroatoms. The number of nitrogens with zero attached hydrogens (tertiary/aromatic N) is 3. The van der Waals surface area contributed by atoms with Gasteiger partial charge in [-0.25, -0.2) is 0 Å². The summed E-state index contributed by atoms with van der Waals surface area (Å²) < 4.78 is 3.49. The highest BCUT2D eigenvalue weighted by Gasteiger charge is 2.11. The van der Waals surface area contributed by atoms with Gasteiger partial charge < -0.3 is 9.88 Å². The van der Waals surface area contributed by atoms with Gasteiger partial charge in [-0.1, -0.05) is 30.3 Å². The molecule has 0 spiro atoms. The van der Waals surface area contributed by atoms with Crippen LogP contribution in [0, 0.1) is 13.8 Å². The van der Waals surface area contributed by atoms with Crippen LogP contribution in [0.1, 0.15) is 22.4 Å². The number of aromatic nitrogens is 3. The number of rotatable bonds is 6. The maximum atomic E-state index is 12.9. The minimum Gasteiger partial charge on any atom is -0.308 e. The van der Waals surface area contributed by atoms with E-state index in [1.807, 2.05) is 51.4 Å². The largest absolute Gasteiger partial charge is 0.308 e. The molecule has 0 atom stereocenters. The lowest BCUT2D eigenvalue weighted by Crippen LogP contribution is -2.27.